The summed E-state index contributed by atoms with van der Waals surface area (Å²) in [5.41, 5.74) is 1.23. The molecule has 0 aliphatic heterocycles. The standard InChI is InChI=1S/C20H16Cl2FNO3/c1-2-13(20(26)27-10-11-3-5-16(21)17(22)7-11)14-9-19(25)24-18-6-4-12(23)8-15(14)18/h3-9,13H,2,10H2,1H3,(H,24,25). The Bertz CT molecular complexity index is 1060. The molecule has 1 unspecified atom stereocenters. The summed E-state index contributed by atoms with van der Waals surface area (Å²) in [5, 5.41) is 1.26. The molecule has 3 aromatic rings. The van der Waals surface area contributed by atoms with Crippen molar-refractivity contribution in [3.63, 3.8) is 0 Å². The Labute approximate surface area is 164 Å². The van der Waals surface area contributed by atoms with Gasteiger partial charge in [0.2, 0.25) is 5.56 Å². The van der Waals surface area contributed by atoms with Crippen LogP contribution in [-0.4, -0.2) is 11.0 Å². The molecule has 0 fully saturated rings. The first kappa shape index (κ1) is 19.4. The number of ether oxygens (including phenoxy) is 1. The van der Waals surface area contributed by atoms with Crippen molar-refractivity contribution in [2.45, 2.75) is 25.9 Å². The molecule has 0 aliphatic carbocycles. The van der Waals surface area contributed by atoms with E-state index in [0.717, 1.165) is 0 Å². The summed E-state index contributed by atoms with van der Waals surface area (Å²) in [7, 11) is 0. The molecule has 0 saturated heterocycles. The summed E-state index contributed by atoms with van der Waals surface area (Å²) in [6.45, 7) is 1.82. The zero-order valence-corrected chi connectivity index (χ0v) is 15.9. The number of H-pyrrole nitrogens is 1. The number of esters is 1. The molecule has 0 aliphatic rings. The van der Waals surface area contributed by atoms with Crippen molar-refractivity contribution in [1.82, 2.24) is 4.98 Å². The fraction of sp³-hybridized carbons (Fsp3) is 0.200. The smallest absolute Gasteiger partial charge is 0.313 e. The molecule has 0 spiro atoms. The van der Waals surface area contributed by atoms with Gasteiger partial charge in [0.15, 0.2) is 0 Å². The zero-order valence-electron chi connectivity index (χ0n) is 14.4. The Morgan fingerprint density at radius 1 is 1.15 bits per heavy atom. The van der Waals surface area contributed by atoms with Gasteiger partial charge in [0, 0.05) is 17.0 Å². The minimum Gasteiger partial charge on any atom is -0.460 e. The molecule has 140 valence electrons. The number of hydrogen-bond acceptors (Lipinski definition) is 3. The molecule has 1 atom stereocenters. The quantitative estimate of drug-likeness (QED) is 0.590. The number of nitrogens with one attached hydrogen (secondary N) is 1. The van der Waals surface area contributed by atoms with Gasteiger partial charge in [0.1, 0.15) is 12.4 Å². The largest absolute Gasteiger partial charge is 0.460 e. The van der Waals surface area contributed by atoms with E-state index in [0.29, 0.717) is 38.5 Å². The Morgan fingerprint density at radius 3 is 2.63 bits per heavy atom. The lowest BCUT2D eigenvalue weighted by Crippen LogP contribution is -2.18. The van der Waals surface area contributed by atoms with Crippen LogP contribution >= 0.6 is 23.2 Å². The molecule has 1 aromatic heterocycles. The van der Waals surface area contributed by atoms with Crippen LogP contribution in [0.3, 0.4) is 0 Å². The fourth-order valence-corrected chi connectivity index (χ4v) is 3.26. The van der Waals surface area contributed by atoms with Crippen LogP contribution < -0.4 is 5.56 Å². The van der Waals surface area contributed by atoms with E-state index in [2.05, 4.69) is 4.98 Å². The van der Waals surface area contributed by atoms with Crippen molar-refractivity contribution in [1.29, 1.82) is 0 Å². The van der Waals surface area contributed by atoms with Crippen LogP contribution in [0.25, 0.3) is 10.9 Å². The van der Waals surface area contributed by atoms with Crippen molar-refractivity contribution < 1.29 is 13.9 Å². The molecule has 0 saturated carbocycles. The number of aromatic amines is 1. The molecule has 3 rings (SSSR count). The first-order chi connectivity index (χ1) is 12.9. The molecule has 1 heterocycles. The first-order valence-electron chi connectivity index (χ1n) is 8.32. The van der Waals surface area contributed by atoms with Crippen LogP contribution in [0, 0.1) is 5.82 Å². The third-order valence-electron chi connectivity index (χ3n) is 4.27. The molecule has 0 radical (unpaired) electrons. The van der Waals surface area contributed by atoms with Gasteiger partial charge in [-0.25, -0.2) is 4.39 Å². The molecule has 4 nitrogen and oxygen atoms in total. The second-order valence-corrected chi connectivity index (χ2v) is 6.91. The normalized spacial score (nSPS) is 12.1. The molecular formula is C20H16Cl2FNO3. The molecule has 0 amide bonds. The number of hydrogen-bond donors (Lipinski definition) is 1. The highest BCUT2D eigenvalue weighted by Crippen LogP contribution is 2.28. The minimum absolute atomic E-state index is 0.0156. The molecule has 7 heteroatoms. The van der Waals surface area contributed by atoms with E-state index in [1.165, 1.54) is 24.3 Å². The number of pyridine rings is 1. The van der Waals surface area contributed by atoms with E-state index in [1.807, 2.05) is 0 Å². The summed E-state index contributed by atoms with van der Waals surface area (Å²) < 4.78 is 19.1. The van der Waals surface area contributed by atoms with E-state index in [4.69, 9.17) is 27.9 Å². The average Bonchev–Trinajstić information content (AvgIpc) is 2.63. The summed E-state index contributed by atoms with van der Waals surface area (Å²) in [4.78, 5) is 27.2. The Kier molecular flexibility index (Phi) is 5.82. The van der Waals surface area contributed by atoms with E-state index < -0.39 is 17.7 Å². The van der Waals surface area contributed by atoms with E-state index >= 15 is 0 Å². The molecule has 2 aromatic carbocycles. The van der Waals surface area contributed by atoms with Crippen LogP contribution in [0.4, 0.5) is 4.39 Å². The second kappa shape index (κ2) is 8.11. The summed E-state index contributed by atoms with van der Waals surface area (Å²) >= 11 is 11.8. The van der Waals surface area contributed by atoms with Gasteiger partial charge in [0.25, 0.3) is 0 Å². The lowest BCUT2D eigenvalue weighted by Gasteiger charge is -2.17. The van der Waals surface area contributed by atoms with Gasteiger partial charge in [-0.1, -0.05) is 36.2 Å². The topological polar surface area (TPSA) is 59.2 Å². The van der Waals surface area contributed by atoms with E-state index in [-0.39, 0.29) is 12.2 Å². The van der Waals surface area contributed by atoms with Gasteiger partial charge in [-0.15, -0.1) is 0 Å². The Morgan fingerprint density at radius 2 is 1.93 bits per heavy atom. The predicted octanol–water partition coefficient (Wildman–Crippen LogP) is 5.21. The molecule has 1 N–H and O–H groups in total. The summed E-state index contributed by atoms with van der Waals surface area (Å²) in [6, 6.07) is 10.3. The number of carbonyl (C=O) groups excluding carboxylic acids is 1. The summed E-state index contributed by atoms with van der Waals surface area (Å²) in [6.07, 6.45) is 0.398. The van der Waals surface area contributed by atoms with Crippen molar-refractivity contribution in [2.24, 2.45) is 0 Å². The zero-order chi connectivity index (χ0) is 19.6. The van der Waals surface area contributed by atoms with Crippen molar-refractivity contribution in [3.8, 4) is 0 Å². The highest BCUT2D eigenvalue weighted by Gasteiger charge is 2.23. The summed E-state index contributed by atoms with van der Waals surface area (Å²) in [5.74, 6) is -1.64. The maximum absolute atomic E-state index is 13.7. The second-order valence-electron chi connectivity index (χ2n) is 6.10. The Balaban J connectivity index is 1.89. The van der Waals surface area contributed by atoms with E-state index in [1.54, 1.807) is 25.1 Å². The van der Waals surface area contributed by atoms with Crippen LogP contribution in [0.5, 0.6) is 0 Å². The predicted molar refractivity (Wildman–Crippen MR) is 104 cm³/mol. The maximum atomic E-state index is 13.7. The van der Waals surface area contributed by atoms with Gasteiger partial charge in [0.05, 0.1) is 16.0 Å². The lowest BCUT2D eigenvalue weighted by molar-refractivity contribution is -0.146. The number of rotatable bonds is 5. The van der Waals surface area contributed by atoms with Crippen LogP contribution in [0.15, 0.2) is 47.3 Å². The van der Waals surface area contributed by atoms with Gasteiger partial charge < -0.3 is 9.72 Å². The van der Waals surface area contributed by atoms with Crippen LogP contribution in [0.2, 0.25) is 10.0 Å². The van der Waals surface area contributed by atoms with Gasteiger partial charge in [-0.3, -0.25) is 9.59 Å². The third kappa shape index (κ3) is 4.31. The highest BCUT2D eigenvalue weighted by molar-refractivity contribution is 6.42. The highest BCUT2D eigenvalue weighted by atomic mass is 35.5. The third-order valence-corrected chi connectivity index (χ3v) is 5.01. The number of aromatic nitrogens is 1. The van der Waals surface area contributed by atoms with Gasteiger partial charge in [-0.05, 0) is 47.9 Å². The van der Waals surface area contributed by atoms with Gasteiger partial charge in [-0.2, -0.15) is 0 Å². The van der Waals surface area contributed by atoms with E-state index in [9.17, 15) is 14.0 Å². The fourth-order valence-electron chi connectivity index (χ4n) is 2.94. The monoisotopic (exact) mass is 407 g/mol. The Hall–Kier alpha value is -2.37. The minimum atomic E-state index is -0.695. The maximum Gasteiger partial charge on any atom is 0.313 e. The average molecular weight is 408 g/mol. The van der Waals surface area contributed by atoms with Gasteiger partial charge >= 0.3 is 5.97 Å². The number of benzene rings is 2. The molecular weight excluding hydrogens is 392 g/mol. The van der Waals surface area contributed by atoms with Crippen molar-refractivity contribution in [3.05, 3.63) is 79.8 Å². The molecule has 27 heavy (non-hydrogen) atoms. The SMILES string of the molecule is CCC(C(=O)OCc1ccc(Cl)c(Cl)c1)c1cc(=O)[nH]c2ccc(F)cc12. The number of fused-ring (bicyclic) bond motifs is 1. The van der Waals surface area contributed by atoms with Crippen molar-refractivity contribution in [2.75, 3.05) is 0 Å². The number of carbonyl (C=O) groups is 1. The van der Waals surface area contributed by atoms with Crippen LogP contribution in [-0.2, 0) is 16.1 Å². The first-order valence-corrected chi connectivity index (χ1v) is 9.07. The molecule has 0 bridgehead atoms. The van der Waals surface area contributed by atoms with Crippen LogP contribution in [0.1, 0.15) is 30.4 Å². The number of halogens is 3. The van der Waals surface area contributed by atoms with Crippen molar-refractivity contribution >= 4 is 40.1 Å². The lowest BCUT2D eigenvalue weighted by atomic mass is 9.93.